The molecule has 0 aliphatic heterocycles. The van der Waals surface area contributed by atoms with Crippen molar-refractivity contribution in [1.29, 1.82) is 0 Å². The summed E-state index contributed by atoms with van der Waals surface area (Å²) in [7, 11) is 0. The van der Waals surface area contributed by atoms with Crippen molar-refractivity contribution in [3.05, 3.63) is 27.0 Å². The third kappa shape index (κ3) is 2.01. The molecule has 0 saturated heterocycles. The fraction of sp³-hybridized carbons (Fsp3) is 0.400. The number of hydrogen-bond acceptors (Lipinski definition) is 3. The van der Waals surface area contributed by atoms with Crippen LogP contribution in [-0.2, 0) is 6.42 Å². The Balaban J connectivity index is 3.54. The molecule has 0 atom stereocenters. The van der Waals surface area contributed by atoms with Gasteiger partial charge in [-0.25, -0.2) is 4.79 Å². The summed E-state index contributed by atoms with van der Waals surface area (Å²) in [4.78, 5) is 24.3. The lowest BCUT2D eigenvalue weighted by molar-refractivity contribution is 0.0691. The first-order chi connectivity index (χ1) is 6.99. The van der Waals surface area contributed by atoms with Crippen LogP contribution in [0.1, 0.15) is 34.8 Å². The van der Waals surface area contributed by atoms with Crippen LogP contribution in [-0.4, -0.2) is 21.2 Å². The highest BCUT2D eigenvalue weighted by Crippen LogP contribution is 2.20. The van der Waals surface area contributed by atoms with Crippen LogP contribution in [0.25, 0.3) is 0 Å². The standard InChI is InChI=1S/C10H13NO4/c1-3-4-6-5(2)8(12)11-9(13)7(6)10(14)15/h3-4H2,1-2H3,(H,14,15)(H2,11,12,13). The first-order valence-electron chi connectivity index (χ1n) is 4.67. The number of pyridine rings is 1. The van der Waals surface area contributed by atoms with Gasteiger partial charge in [0.15, 0.2) is 0 Å². The van der Waals surface area contributed by atoms with E-state index in [1.54, 1.807) is 6.92 Å². The second kappa shape index (κ2) is 4.16. The summed E-state index contributed by atoms with van der Waals surface area (Å²) in [5.41, 5.74) is 0.119. The predicted octanol–water partition coefficient (Wildman–Crippen LogP) is 1.04. The number of hydrogen-bond donors (Lipinski definition) is 3. The Labute approximate surface area is 86.4 Å². The molecule has 0 spiro atoms. The van der Waals surface area contributed by atoms with Gasteiger partial charge in [-0.2, -0.15) is 0 Å². The van der Waals surface area contributed by atoms with Gasteiger partial charge in [0.25, 0.3) is 5.56 Å². The minimum Gasteiger partial charge on any atom is -0.494 e. The lowest BCUT2D eigenvalue weighted by Gasteiger charge is -2.09. The molecule has 1 rings (SSSR count). The number of aromatic nitrogens is 1. The number of aromatic amines is 1. The number of aromatic hydroxyl groups is 1. The zero-order valence-corrected chi connectivity index (χ0v) is 8.63. The maximum Gasteiger partial charge on any atom is 0.341 e. The van der Waals surface area contributed by atoms with Crippen LogP contribution < -0.4 is 5.56 Å². The van der Waals surface area contributed by atoms with Gasteiger partial charge in [-0.05, 0) is 18.9 Å². The average molecular weight is 211 g/mol. The van der Waals surface area contributed by atoms with E-state index in [-0.39, 0.29) is 5.56 Å². The Morgan fingerprint density at radius 3 is 2.53 bits per heavy atom. The SMILES string of the molecule is CCCc1c(C(=O)O)c(O)[nH]c(=O)c1C. The fourth-order valence-corrected chi connectivity index (χ4v) is 1.52. The highest BCUT2D eigenvalue weighted by atomic mass is 16.4. The fourth-order valence-electron chi connectivity index (χ4n) is 1.52. The van der Waals surface area contributed by atoms with E-state index in [9.17, 15) is 14.7 Å². The molecule has 0 aliphatic carbocycles. The van der Waals surface area contributed by atoms with Crippen LogP contribution >= 0.6 is 0 Å². The molecule has 0 saturated carbocycles. The van der Waals surface area contributed by atoms with Gasteiger partial charge in [0.1, 0.15) is 5.56 Å². The molecule has 0 amide bonds. The minimum atomic E-state index is -1.23. The summed E-state index contributed by atoms with van der Waals surface area (Å²) < 4.78 is 0. The van der Waals surface area contributed by atoms with E-state index < -0.39 is 17.4 Å². The third-order valence-corrected chi connectivity index (χ3v) is 2.28. The smallest absolute Gasteiger partial charge is 0.341 e. The minimum absolute atomic E-state index is 0.200. The number of nitrogens with one attached hydrogen (secondary N) is 1. The van der Waals surface area contributed by atoms with Crippen LogP contribution in [0.2, 0.25) is 0 Å². The number of aromatic carboxylic acids is 1. The van der Waals surface area contributed by atoms with Crippen molar-refractivity contribution >= 4 is 5.97 Å². The van der Waals surface area contributed by atoms with Crippen molar-refractivity contribution in [3.63, 3.8) is 0 Å². The quantitative estimate of drug-likeness (QED) is 0.696. The number of carboxylic acid groups (broad SMARTS) is 1. The van der Waals surface area contributed by atoms with E-state index in [1.165, 1.54) is 0 Å². The van der Waals surface area contributed by atoms with Crippen molar-refractivity contribution in [2.75, 3.05) is 0 Å². The van der Waals surface area contributed by atoms with Crippen LogP contribution in [0, 0.1) is 6.92 Å². The van der Waals surface area contributed by atoms with Gasteiger partial charge in [0.2, 0.25) is 5.88 Å². The Morgan fingerprint density at radius 2 is 2.07 bits per heavy atom. The molecule has 0 fully saturated rings. The molecule has 0 aliphatic rings. The van der Waals surface area contributed by atoms with Gasteiger partial charge in [0.05, 0.1) is 0 Å². The number of H-pyrrole nitrogens is 1. The topological polar surface area (TPSA) is 90.4 Å². The lowest BCUT2D eigenvalue weighted by Crippen LogP contribution is -2.17. The van der Waals surface area contributed by atoms with E-state index >= 15 is 0 Å². The lowest BCUT2D eigenvalue weighted by atomic mass is 10.0. The van der Waals surface area contributed by atoms with E-state index in [1.807, 2.05) is 6.92 Å². The van der Waals surface area contributed by atoms with Crippen molar-refractivity contribution in [2.45, 2.75) is 26.7 Å². The van der Waals surface area contributed by atoms with Crippen molar-refractivity contribution in [1.82, 2.24) is 4.98 Å². The van der Waals surface area contributed by atoms with E-state index in [2.05, 4.69) is 4.98 Å². The molecule has 5 heteroatoms. The van der Waals surface area contributed by atoms with Gasteiger partial charge < -0.3 is 10.2 Å². The van der Waals surface area contributed by atoms with E-state index in [0.29, 0.717) is 24.0 Å². The van der Waals surface area contributed by atoms with Gasteiger partial charge in [0, 0.05) is 5.56 Å². The van der Waals surface area contributed by atoms with Crippen LogP contribution in [0.3, 0.4) is 0 Å². The Kier molecular flexibility index (Phi) is 3.14. The molecule has 1 heterocycles. The zero-order valence-electron chi connectivity index (χ0n) is 8.63. The van der Waals surface area contributed by atoms with Gasteiger partial charge in [-0.3, -0.25) is 9.78 Å². The molecule has 3 N–H and O–H groups in total. The molecule has 0 unspecified atom stereocenters. The average Bonchev–Trinajstić information content (AvgIpc) is 2.13. The van der Waals surface area contributed by atoms with Crippen LogP contribution in [0.4, 0.5) is 0 Å². The molecule has 0 bridgehead atoms. The molecule has 15 heavy (non-hydrogen) atoms. The number of carboxylic acids is 1. The molecule has 1 aromatic rings. The Morgan fingerprint density at radius 1 is 1.47 bits per heavy atom. The van der Waals surface area contributed by atoms with Crippen molar-refractivity contribution in [2.24, 2.45) is 0 Å². The maximum absolute atomic E-state index is 11.3. The van der Waals surface area contributed by atoms with E-state index in [4.69, 9.17) is 5.11 Å². The molecule has 0 radical (unpaired) electrons. The molecule has 82 valence electrons. The molecule has 1 aromatic heterocycles. The second-order valence-electron chi connectivity index (χ2n) is 3.34. The zero-order chi connectivity index (χ0) is 11.6. The molecular formula is C10H13NO4. The monoisotopic (exact) mass is 211 g/mol. The largest absolute Gasteiger partial charge is 0.494 e. The van der Waals surface area contributed by atoms with Gasteiger partial charge >= 0.3 is 5.97 Å². The summed E-state index contributed by atoms with van der Waals surface area (Å²) in [6.07, 6.45) is 1.18. The summed E-state index contributed by atoms with van der Waals surface area (Å²) in [6.45, 7) is 3.43. The highest BCUT2D eigenvalue weighted by Gasteiger charge is 2.19. The summed E-state index contributed by atoms with van der Waals surface area (Å²) in [5.74, 6) is -1.79. The first-order valence-corrected chi connectivity index (χ1v) is 4.67. The number of carbonyl (C=O) groups is 1. The van der Waals surface area contributed by atoms with Gasteiger partial charge in [-0.1, -0.05) is 13.3 Å². The third-order valence-electron chi connectivity index (χ3n) is 2.28. The normalized spacial score (nSPS) is 10.3. The highest BCUT2D eigenvalue weighted by molar-refractivity contribution is 5.92. The van der Waals surface area contributed by atoms with Crippen LogP contribution in [0.5, 0.6) is 5.88 Å². The molecule has 5 nitrogen and oxygen atoms in total. The summed E-state index contributed by atoms with van der Waals surface area (Å²) in [5, 5.41) is 18.3. The van der Waals surface area contributed by atoms with Crippen molar-refractivity contribution < 1.29 is 15.0 Å². The summed E-state index contributed by atoms with van der Waals surface area (Å²) >= 11 is 0. The Bertz CT molecular complexity index is 447. The van der Waals surface area contributed by atoms with Crippen molar-refractivity contribution in [3.8, 4) is 5.88 Å². The second-order valence-corrected chi connectivity index (χ2v) is 3.34. The summed E-state index contributed by atoms with van der Waals surface area (Å²) in [6, 6.07) is 0. The molecular weight excluding hydrogens is 198 g/mol. The van der Waals surface area contributed by atoms with Crippen LogP contribution in [0.15, 0.2) is 4.79 Å². The first kappa shape index (κ1) is 11.3. The molecule has 0 aromatic carbocycles. The Hall–Kier alpha value is -1.78. The maximum atomic E-state index is 11.3. The van der Waals surface area contributed by atoms with Gasteiger partial charge in [-0.15, -0.1) is 0 Å². The van der Waals surface area contributed by atoms with E-state index in [0.717, 1.165) is 0 Å². The number of rotatable bonds is 3. The predicted molar refractivity (Wildman–Crippen MR) is 54.4 cm³/mol.